The Kier molecular flexibility index (Phi) is 4.78. The molecule has 0 saturated carbocycles. The van der Waals surface area contributed by atoms with Crippen molar-refractivity contribution >= 4 is 34.7 Å². The third-order valence-electron chi connectivity index (χ3n) is 5.46. The van der Waals surface area contributed by atoms with Crippen LogP contribution in [-0.4, -0.2) is 47.3 Å². The molecule has 2 aromatic carbocycles. The Morgan fingerprint density at radius 2 is 1.71 bits per heavy atom. The average molecular weight is 433 g/mol. The van der Waals surface area contributed by atoms with Crippen LogP contribution in [0.25, 0.3) is 11.3 Å². The normalized spacial score (nSPS) is 15.2. The number of rotatable bonds is 5. The van der Waals surface area contributed by atoms with Gasteiger partial charge in [-0.2, -0.15) is 0 Å². The van der Waals surface area contributed by atoms with Crippen LogP contribution in [-0.2, 0) is 4.79 Å². The first-order valence-corrected chi connectivity index (χ1v) is 10.9. The molecule has 2 aliphatic heterocycles. The van der Waals surface area contributed by atoms with Crippen LogP contribution in [0.15, 0.2) is 47.8 Å². The molecular formula is C23H19N3O4S. The van der Waals surface area contributed by atoms with Crippen molar-refractivity contribution in [3.05, 3.63) is 64.0 Å². The van der Waals surface area contributed by atoms with Crippen LogP contribution in [0.4, 0.5) is 5.69 Å². The largest absolute Gasteiger partial charge is 0.482 e. The van der Waals surface area contributed by atoms with E-state index < -0.39 is 0 Å². The summed E-state index contributed by atoms with van der Waals surface area (Å²) in [7, 11) is 0. The van der Waals surface area contributed by atoms with Crippen LogP contribution < -0.4 is 9.64 Å². The summed E-state index contributed by atoms with van der Waals surface area (Å²) in [5.74, 6) is -0.0801. The van der Waals surface area contributed by atoms with Crippen molar-refractivity contribution in [1.29, 1.82) is 0 Å². The number of fused-ring (bicyclic) bond motifs is 2. The Hall–Kier alpha value is -3.52. The zero-order valence-corrected chi connectivity index (χ0v) is 17.6. The number of thiazole rings is 1. The highest BCUT2D eigenvalue weighted by Gasteiger charge is 2.35. The molecule has 3 aromatic rings. The summed E-state index contributed by atoms with van der Waals surface area (Å²) in [5.41, 5.74) is 3.31. The molecule has 156 valence electrons. The summed E-state index contributed by atoms with van der Waals surface area (Å²) in [5, 5.41) is 2.95. The predicted octanol–water partition coefficient (Wildman–Crippen LogP) is 3.53. The minimum absolute atomic E-state index is 0.0326. The van der Waals surface area contributed by atoms with Gasteiger partial charge in [0.2, 0.25) is 0 Å². The monoisotopic (exact) mass is 433 g/mol. The van der Waals surface area contributed by atoms with Crippen molar-refractivity contribution in [3.63, 3.8) is 0 Å². The van der Waals surface area contributed by atoms with Gasteiger partial charge in [-0.1, -0.05) is 12.1 Å². The Labute approximate surface area is 182 Å². The van der Waals surface area contributed by atoms with E-state index in [9.17, 15) is 14.4 Å². The standard InChI is InChI=1S/C23H19N3O4S/c1-14-24-18(13-31-14)15-7-8-20-19(11-15)25(21(27)12-30-20)9-4-10-26-22(28)16-5-2-3-6-17(16)23(26)29/h2-3,5-8,11,13H,4,9-10,12H2,1H3. The van der Waals surface area contributed by atoms with Gasteiger partial charge in [-0.25, -0.2) is 4.98 Å². The fourth-order valence-corrected chi connectivity index (χ4v) is 4.55. The quantitative estimate of drug-likeness (QED) is 0.575. The number of nitrogens with zero attached hydrogens (tertiary/aromatic N) is 3. The van der Waals surface area contributed by atoms with Crippen molar-refractivity contribution in [2.75, 3.05) is 24.6 Å². The lowest BCUT2D eigenvalue weighted by Gasteiger charge is -2.30. The minimum Gasteiger partial charge on any atom is -0.482 e. The highest BCUT2D eigenvalue weighted by molar-refractivity contribution is 7.09. The molecule has 3 amide bonds. The molecule has 0 fully saturated rings. The van der Waals surface area contributed by atoms with Gasteiger partial charge < -0.3 is 9.64 Å². The third kappa shape index (κ3) is 3.38. The van der Waals surface area contributed by atoms with Gasteiger partial charge in [-0.3, -0.25) is 19.3 Å². The van der Waals surface area contributed by atoms with Gasteiger partial charge in [0.15, 0.2) is 6.61 Å². The summed E-state index contributed by atoms with van der Waals surface area (Å²) in [6.45, 7) is 2.54. The molecule has 0 bridgehead atoms. The first-order valence-electron chi connectivity index (χ1n) is 9.98. The van der Waals surface area contributed by atoms with Crippen LogP contribution in [0, 0.1) is 6.92 Å². The number of aromatic nitrogens is 1. The maximum Gasteiger partial charge on any atom is 0.265 e. The number of aryl methyl sites for hydroxylation is 1. The lowest BCUT2D eigenvalue weighted by molar-refractivity contribution is -0.121. The Bertz CT molecular complexity index is 1180. The van der Waals surface area contributed by atoms with E-state index in [-0.39, 0.29) is 30.9 Å². The van der Waals surface area contributed by atoms with Crippen molar-refractivity contribution in [1.82, 2.24) is 9.88 Å². The Balaban J connectivity index is 1.33. The Morgan fingerprint density at radius 3 is 2.39 bits per heavy atom. The second kappa shape index (κ2) is 7.63. The third-order valence-corrected chi connectivity index (χ3v) is 6.23. The van der Waals surface area contributed by atoms with Gasteiger partial charge in [0.1, 0.15) is 5.75 Å². The predicted molar refractivity (Wildman–Crippen MR) is 117 cm³/mol. The van der Waals surface area contributed by atoms with Crippen molar-refractivity contribution in [2.45, 2.75) is 13.3 Å². The molecular weight excluding hydrogens is 414 g/mol. The fraction of sp³-hybridized carbons (Fsp3) is 0.217. The van der Waals surface area contributed by atoms with Crippen molar-refractivity contribution in [3.8, 4) is 17.0 Å². The molecule has 7 nitrogen and oxygen atoms in total. The van der Waals surface area contributed by atoms with E-state index in [2.05, 4.69) is 4.98 Å². The van der Waals surface area contributed by atoms with Crippen LogP contribution in [0.1, 0.15) is 32.1 Å². The molecule has 0 radical (unpaired) electrons. The van der Waals surface area contributed by atoms with Crippen LogP contribution in [0.2, 0.25) is 0 Å². The maximum atomic E-state index is 12.6. The minimum atomic E-state index is -0.282. The molecule has 3 heterocycles. The highest BCUT2D eigenvalue weighted by atomic mass is 32.1. The first kappa shape index (κ1) is 19.4. The number of ether oxygens (including phenoxy) is 1. The second-order valence-electron chi connectivity index (χ2n) is 7.43. The van der Waals surface area contributed by atoms with E-state index in [0.717, 1.165) is 16.3 Å². The molecule has 8 heteroatoms. The fourth-order valence-electron chi connectivity index (χ4n) is 3.93. The summed E-state index contributed by atoms with van der Waals surface area (Å²) in [6, 6.07) is 12.5. The summed E-state index contributed by atoms with van der Waals surface area (Å²) in [6.07, 6.45) is 0.469. The molecule has 5 rings (SSSR count). The zero-order valence-electron chi connectivity index (χ0n) is 16.8. The maximum absolute atomic E-state index is 12.6. The van der Waals surface area contributed by atoms with Gasteiger partial charge in [0.05, 0.1) is 27.5 Å². The SMILES string of the molecule is Cc1nc(-c2ccc3c(c2)N(CCCN2C(=O)c4ccccc4C2=O)C(=O)CO3)cs1. The molecule has 1 aromatic heterocycles. The number of amides is 3. The molecule has 31 heavy (non-hydrogen) atoms. The van der Waals surface area contributed by atoms with Gasteiger partial charge in [0.25, 0.3) is 17.7 Å². The zero-order chi connectivity index (χ0) is 21.5. The number of carbonyl (C=O) groups excluding carboxylic acids is 3. The number of benzene rings is 2. The molecule has 0 unspecified atom stereocenters. The highest BCUT2D eigenvalue weighted by Crippen LogP contribution is 2.36. The number of hydrogen-bond donors (Lipinski definition) is 0. The van der Waals surface area contributed by atoms with Gasteiger partial charge in [-0.05, 0) is 43.7 Å². The average Bonchev–Trinajstić information content (AvgIpc) is 3.32. The van der Waals surface area contributed by atoms with Crippen LogP contribution >= 0.6 is 11.3 Å². The first-order chi connectivity index (χ1) is 15.0. The molecule has 0 N–H and O–H groups in total. The molecule has 2 aliphatic rings. The van der Waals surface area contributed by atoms with Gasteiger partial charge in [-0.15, -0.1) is 11.3 Å². The summed E-state index contributed by atoms with van der Waals surface area (Å²) in [4.78, 5) is 45.1. The smallest absolute Gasteiger partial charge is 0.265 e. The van der Waals surface area contributed by atoms with Gasteiger partial charge >= 0.3 is 0 Å². The second-order valence-corrected chi connectivity index (χ2v) is 8.49. The van der Waals surface area contributed by atoms with Crippen LogP contribution in [0.5, 0.6) is 5.75 Å². The molecule has 0 saturated heterocycles. The lowest BCUT2D eigenvalue weighted by Crippen LogP contribution is -2.41. The van der Waals surface area contributed by atoms with E-state index >= 15 is 0 Å². The summed E-state index contributed by atoms with van der Waals surface area (Å²) < 4.78 is 5.59. The van der Waals surface area contributed by atoms with Crippen molar-refractivity contribution in [2.24, 2.45) is 0 Å². The van der Waals surface area contributed by atoms with E-state index in [1.54, 1.807) is 40.5 Å². The molecule has 0 atom stereocenters. The molecule has 0 spiro atoms. The Morgan fingerprint density at radius 1 is 1.00 bits per heavy atom. The van der Waals surface area contributed by atoms with Gasteiger partial charge in [0, 0.05) is 24.0 Å². The number of imide groups is 1. The number of carbonyl (C=O) groups is 3. The van der Waals surface area contributed by atoms with E-state index in [1.807, 2.05) is 30.5 Å². The van der Waals surface area contributed by atoms with E-state index in [1.165, 1.54) is 4.90 Å². The van der Waals surface area contributed by atoms with E-state index in [4.69, 9.17) is 4.74 Å². The van der Waals surface area contributed by atoms with E-state index in [0.29, 0.717) is 35.5 Å². The topological polar surface area (TPSA) is 79.8 Å². The molecule has 0 aliphatic carbocycles. The number of anilines is 1. The van der Waals surface area contributed by atoms with Crippen molar-refractivity contribution < 1.29 is 19.1 Å². The lowest BCUT2D eigenvalue weighted by atomic mass is 10.1. The van der Waals surface area contributed by atoms with Crippen LogP contribution in [0.3, 0.4) is 0 Å². The summed E-state index contributed by atoms with van der Waals surface area (Å²) >= 11 is 1.57. The number of hydrogen-bond acceptors (Lipinski definition) is 6.